The Morgan fingerprint density at radius 3 is 2.56 bits per heavy atom. The molecule has 1 aliphatic rings. The fraction of sp³-hybridized carbons (Fsp3) is 0.304. The molecule has 2 aromatic carbocycles. The van der Waals surface area contributed by atoms with Crippen LogP contribution in [-0.2, 0) is 11.3 Å². The first-order valence-corrected chi connectivity index (χ1v) is 11.5. The third kappa shape index (κ3) is 4.68. The van der Waals surface area contributed by atoms with Gasteiger partial charge in [0.1, 0.15) is 0 Å². The molecule has 166 valence electrons. The summed E-state index contributed by atoms with van der Waals surface area (Å²) in [6.07, 6.45) is 2.29. The number of carbonyl (C=O) groups excluding carboxylic acids is 2. The molecule has 2 amide bonds. The number of hydrogen-bond donors (Lipinski definition) is 2. The molecule has 8 nitrogen and oxygen atoms in total. The van der Waals surface area contributed by atoms with Crippen LogP contribution in [0.4, 0.5) is 0 Å². The molecule has 0 aliphatic carbocycles. The van der Waals surface area contributed by atoms with Gasteiger partial charge in [-0.25, -0.2) is 4.68 Å². The highest BCUT2D eigenvalue weighted by Gasteiger charge is 2.20. The van der Waals surface area contributed by atoms with Crippen LogP contribution in [0, 0.1) is 0 Å². The number of amides is 2. The van der Waals surface area contributed by atoms with Gasteiger partial charge in [0, 0.05) is 29.2 Å². The van der Waals surface area contributed by atoms with E-state index in [0.717, 1.165) is 30.1 Å². The fourth-order valence-electron chi connectivity index (χ4n) is 3.60. The second kappa shape index (κ2) is 9.97. The third-order valence-electron chi connectivity index (χ3n) is 5.25. The van der Waals surface area contributed by atoms with Crippen LogP contribution in [0.1, 0.15) is 40.6 Å². The van der Waals surface area contributed by atoms with E-state index in [0.29, 0.717) is 22.9 Å². The number of benzene rings is 2. The molecule has 1 saturated heterocycles. The third-order valence-corrected chi connectivity index (χ3v) is 6.46. The molecule has 2 heterocycles. The van der Waals surface area contributed by atoms with Gasteiger partial charge in [-0.3, -0.25) is 25.2 Å². The minimum absolute atomic E-state index is 0.0726. The number of hydrogen-bond acceptors (Lipinski definition) is 6. The Morgan fingerprint density at radius 1 is 1.09 bits per heavy atom. The van der Waals surface area contributed by atoms with E-state index in [1.165, 1.54) is 4.68 Å². The molecule has 9 heteroatoms. The van der Waals surface area contributed by atoms with E-state index in [2.05, 4.69) is 16.0 Å². The lowest BCUT2D eigenvalue weighted by Gasteiger charge is -2.13. The van der Waals surface area contributed by atoms with Gasteiger partial charge in [0.25, 0.3) is 17.4 Å². The molecule has 1 aromatic heterocycles. The predicted molar refractivity (Wildman–Crippen MR) is 123 cm³/mol. The number of aromatic nitrogens is 2. The Labute approximate surface area is 189 Å². The predicted octanol–water partition coefficient (Wildman–Crippen LogP) is 2.76. The maximum absolute atomic E-state index is 12.8. The van der Waals surface area contributed by atoms with Crippen LogP contribution in [-0.4, -0.2) is 40.1 Å². The number of fused-ring (bicyclic) bond motifs is 1. The van der Waals surface area contributed by atoms with Crippen LogP contribution >= 0.6 is 11.8 Å². The molecule has 0 saturated carbocycles. The molecule has 0 spiro atoms. The monoisotopic (exact) mass is 452 g/mol. The fourth-order valence-corrected chi connectivity index (χ4v) is 4.72. The van der Waals surface area contributed by atoms with E-state index in [4.69, 9.17) is 4.74 Å². The summed E-state index contributed by atoms with van der Waals surface area (Å²) < 4.78 is 6.89. The average molecular weight is 453 g/mol. The largest absolute Gasteiger partial charge is 0.377 e. The topological polar surface area (TPSA) is 102 Å². The van der Waals surface area contributed by atoms with Crippen molar-refractivity contribution in [3.05, 3.63) is 70.1 Å². The summed E-state index contributed by atoms with van der Waals surface area (Å²) in [5.74, 6) is -0.256. The molecule has 0 bridgehead atoms. The Morgan fingerprint density at radius 2 is 1.81 bits per heavy atom. The van der Waals surface area contributed by atoms with Gasteiger partial charge in [0.05, 0.1) is 17.1 Å². The van der Waals surface area contributed by atoms with Gasteiger partial charge >= 0.3 is 0 Å². The molecule has 0 radical (unpaired) electrons. The minimum Gasteiger partial charge on any atom is -0.377 e. The second-order valence-electron chi connectivity index (χ2n) is 7.37. The summed E-state index contributed by atoms with van der Waals surface area (Å²) in [5.41, 5.74) is 5.18. The molecule has 1 atom stereocenters. The van der Waals surface area contributed by atoms with Crippen LogP contribution in [0.5, 0.6) is 0 Å². The number of nitrogens with zero attached hydrogens (tertiary/aromatic N) is 2. The maximum Gasteiger partial charge on any atom is 0.290 e. The Balaban J connectivity index is 1.49. The first-order chi connectivity index (χ1) is 15.6. The number of ether oxygens (including phenoxy) is 1. The number of carbonyl (C=O) groups is 2. The van der Waals surface area contributed by atoms with Crippen LogP contribution in [0.25, 0.3) is 10.8 Å². The summed E-state index contributed by atoms with van der Waals surface area (Å²) in [4.78, 5) is 38.9. The molecule has 1 aliphatic heterocycles. The van der Waals surface area contributed by atoms with E-state index in [-0.39, 0.29) is 17.4 Å². The summed E-state index contributed by atoms with van der Waals surface area (Å²) in [7, 11) is 0. The van der Waals surface area contributed by atoms with Crippen molar-refractivity contribution < 1.29 is 14.3 Å². The van der Waals surface area contributed by atoms with Crippen molar-refractivity contribution >= 4 is 34.3 Å². The average Bonchev–Trinajstić information content (AvgIpc) is 3.35. The number of rotatable bonds is 6. The highest BCUT2D eigenvalue weighted by Crippen LogP contribution is 2.26. The number of hydrazine groups is 1. The van der Waals surface area contributed by atoms with Crippen LogP contribution in [0.3, 0.4) is 0 Å². The van der Waals surface area contributed by atoms with Gasteiger partial charge in [-0.1, -0.05) is 30.3 Å². The Hall–Kier alpha value is -3.17. The van der Waals surface area contributed by atoms with Gasteiger partial charge in [0.15, 0.2) is 5.69 Å². The first-order valence-electron chi connectivity index (χ1n) is 10.5. The smallest absolute Gasteiger partial charge is 0.290 e. The van der Waals surface area contributed by atoms with Crippen LogP contribution in [0.2, 0.25) is 0 Å². The highest BCUT2D eigenvalue weighted by molar-refractivity contribution is 7.99. The summed E-state index contributed by atoms with van der Waals surface area (Å²) in [6, 6.07) is 14.0. The molecule has 4 rings (SSSR count). The molecule has 3 aromatic rings. The van der Waals surface area contributed by atoms with Gasteiger partial charge in [-0.05, 0) is 38.0 Å². The molecular formula is C23H24N4O4S. The standard InChI is InChI=1S/C23H24N4O4S/c1-2-27-23(30)17-10-4-3-9-16(17)20(26-27)22(29)25-24-21(28)18-11-5-6-12-19(18)32-14-15-8-7-13-31-15/h3-6,9-12,15H,2,7-8,13-14H2,1H3,(H,24,28)(H,25,29). The van der Waals surface area contributed by atoms with Gasteiger partial charge in [0.2, 0.25) is 0 Å². The van der Waals surface area contributed by atoms with Crippen molar-refractivity contribution in [2.75, 3.05) is 12.4 Å². The summed E-state index contributed by atoms with van der Waals surface area (Å²) in [5, 5.41) is 5.02. The molecule has 32 heavy (non-hydrogen) atoms. The zero-order chi connectivity index (χ0) is 22.5. The zero-order valence-electron chi connectivity index (χ0n) is 17.7. The lowest BCUT2D eigenvalue weighted by Crippen LogP contribution is -2.43. The van der Waals surface area contributed by atoms with Crippen molar-refractivity contribution in [3.63, 3.8) is 0 Å². The van der Waals surface area contributed by atoms with Crippen LogP contribution in [0.15, 0.2) is 58.2 Å². The first kappa shape index (κ1) is 22.0. The molecule has 1 fully saturated rings. The van der Waals surface area contributed by atoms with E-state index in [9.17, 15) is 14.4 Å². The Bertz CT molecular complexity index is 1200. The molecule has 2 N–H and O–H groups in total. The number of thioether (sulfide) groups is 1. The highest BCUT2D eigenvalue weighted by atomic mass is 32.2. The minimum atomic E-state index is -0.596. The van der Waals surface area contributed by atoms with Crippen molar-refractivity contribution in [1.29, 1.82) is 0 Å². The van der Waals surface area contributed by atoms with Crippen LogP contribution < -0.4 is 16.4 Å². The molecule has 1 unspecified atom stereocenters. The number of aryl methyl sites for hydroxylation is 1. The number of nitrogens with one attached hydrogen (secondary N) is 2. The van der Waals surface area contributed by atoms with Crippen molar-refractivity contribution in [3.8, 4) is 0 Å². The zero-order valence-corrected chi connectivity index (χ0v) is 18.5. The van der Waals surface area contributed by atoms with Crippen molar-refractivity contribution in [2.45, 2.75) is 37.3 Å². The SMILES string of the molecule is CCn1nc(C(=O)NNC(=O)c2ccccc2SCC2CCCO2)c2ccccc2c1=O. The summed E-state index contributed by atoms with van der Waals surface area (Å²) >= 11 is 1.56. The van der Waals surface area contributed by atoms with E-state index in [1.54, 1.807) is 55.1 Å². The van der Waals surface area contributed by atoms with Crippen molar-refractivity contribution in [1.82, 2.24) is 20.6 Å². The van der Waals surface area contributed by atoms with E-state index in [1.807, 2.05) is 12.1 Å². The molecular weight excluding hydrogens is 428 g/mol. The quantitative estimate of drug-likeness (QED) is 0.440. The lowest BCUT2D eigenvalue weighted by molar-refractivity contribution is 0.0842. The van der Waals surface area contributed by atoms with Gasteiger partial charge < -0.3 is 4.74 Å². The van der Waals surface area contributed by atoms with E-state index >= 15 is 0 Å². The summed E-state index contributed by atoms with van der Waals surface area (Å²) in [6.45, 7) is 2.89. The van der Waals surface area contributed by atoms with E-state index < -0.39 is 11.8 Å². The van der Waals surface area contributed by atoms with Crippen molar-refractivity contribution in [2.24, 2.45) is 0 Å². The Kier molecular flexibility index (Phi) is 6.87. The lowest BCUT2D eigenvalue weighted by atomic mass is 10.1. The normalized spacial score (nSPS) is 15.6. The van der Waals surface area contributed by atoms with Gasteiger partial charge in [-0.15, -0.1) is 11.8 Å². The maximum atomic E-state index is 12.8. The second-order valence-corrected chi connectivity index (χ2v) is 8.43. The van der Waals surface area contributed by atoms with Gasteiger partial charge in [-0.2, -0.15) is 5.10 Å².